The molecule has 1 N–H and O–H groups in total. The molecule has 126 valence electrons. The third-order valence-electron chi connectivity index (χ3n) is 3.84. The minimum absolute atomic E-state index is 0.0446. The van der Waals surface area contributed by atoms with Crippen molar-refractivity contribution in [2.75, 3.05) is 0 Å². The van der Waals surface area contributed by atoms with Crippen LogP contribution in [0.15, 0.2) is 34.2 Å². The summed E-state index contributed by atoms with van der Waals surface area (Å²) in [6.45, 7) is 3.99. The van der Waals surface area contributed by atoms with Crippen LogP contribution < -0.4 is 5.56 Å². The van der Waals surface area contributed by atoms with Gasteiger partial charge in [0.2, 0.25) is 0 Å². The van der Waals surface area contributed by atoms with E-state index in [1.54, 1.807) is 0 Å². The van der Waals surface area contributed by atoms with E-state index in [1.807, 2.05) is 31.2 Å². The van der Waals surface area contributed by atoms with Crippen molar-refractivity contribution < 1.29 is 0 Å². The molecule has 0 unspecified atom stereocenters. The van der Waals surface area contributed by atoms with Crippen LogP contribution in [-0.4, -0.2) is 19.6 Å². The predicted octanol–water partition coefficient (Wildman–Crippen LogP) is 4.01. The average molecular weight is 363 g/mol. The number of hydrogen-bond acceptors (Lipinski definition) is 4. The highest BCUT2D eigenvalue weighted by Crippen LogP contribution is 2.21. The van der Waals surface area contributed by atoms with Crippen LogP contribution in [0.25, 0.3) is 5.78 Å². The quantitative estimate of drug-likeness (QED) is 0.673. The molecule has 0 aliphatic heterocycles. The fourth-order valence-corrected chi connectivity index (χ4v) is 3.40. The molecule has 0 radical (unpaired) electrons. The van der Waals surface area contributed by atoms with Gasteiger partial charge in [-0.3, -0.25) is 9.89 Å². The second kappa shape index (κ2) is 7.40. The Labute approximate surface area is 149 Å². The number of rotatable bonds is 6. The van der Waals surface area contributed by atoms with E-state index in [0.29, 0.717) is 10.9 Å². The first-order valence-corrected chi connectivity index (χ1v) is 9.30. The van der Waals surface area contributed by atoms with Gasteiger partial charge in [0.15, 0.2) is 5.16 Å². The lowest BCUT2D eigenvalue weighted by Crippen LogP contribution is -2.22. The van der Waals surface area contributed by atoms with Crippen LogP contribution in [0.2, 0.25) is 5.02 Å². The monoisotopic (exact) mass is 362 g/mol. The van der Waals surface area contributed by atoms with E-state index in [-0.39, 0.29) is 5.56 Å². The Bertz CT molecular complexity index is 901. The summed E-state index contributed by atoms with van der Waals surface area (Å²) >= 11 is 7.43. The van der Waals surface area contributed by atoms with Crippen molar-refractivity contribution in [3.63, 3.8) is 0 Å². The topological polar surface area (TPSA) is 63.1 Å². The summed E-state index contributed by atoms with van der Waals surface area (Å²) in [7, 11) is 0. The maximum absolute atomic E-state index is 12.6. The molecule has 0 amide bonds. The van der Waals surface area contributed by atoms with Gasteiger partial charge in [-0.1, -0.05) is 48.8 Å². The molecule has 3 aromatic rings. The number of nitrogens with one attached hydrogen (secondary N) is 1. The number of benzene rings is 1. The van der Waals surface area contributed by atoms with Crippen LogP contribution in [0.1, 0.15) is 36.6 Å². The van der Waals surface area contributed by atoms with E-state index in [1.165, 1.54) is 16.3 Å². The van der Waals surface area contributed by atoms with Crippen LogP contribution in [0.5, 0.6) is 0 Å². The van der Waals surface area contributed by atoms with Crippen molar-refractivity contribution in [2.45, 2.75) is 44.0 Å². The van der Waals surface area contributed by atoms with Gasteiger partial charge in [0, 0.05) is 16.3 Å². The molecule has 0 atom stereocenters. The van der Waals surface area contributed by atoms with Crippen LogP contribution in [0, 0.1) is 6.92 Å². The third-order valence-corrected chi connectivity index (χ3v) is 5.03. The van der Waals surface area contributed by atoms with E-state index in [4.69, 9.17) is 11.6 Å². The Morgan fingerprint density at radius 1 is 1.25 bits per heavy atom. The van der Waals surface area contributed by atoms with Crippen LogP contribution in [-0.2, 0) is 12.2 Å². The highest BCUT2D eigenvalue weighted by molar-refractivity contribution is 7.98. The molecular weight excluding hydrogens is 344 g/mol. The first-order valence-electron chi connectivity index (χ1n) is 7.94. The molecule has 0 spiro atoms. The van der Waals surface area contributed by atoms with E-state index in [0.717, 1.165) is 46.9 Å². The first-order chi connectivity index (χ1) is 11.6. The number of nitrogens with zero attached hydrogens (tertiary/aromatic N) is 3. The zero-order valence-corrected chi connectivity index (χ0v) is 15.2. The fraction of sp³-hybridized carbons (Fsp3) is 0.353. The summed E-state index contributed by atoms with van der Waals surface area (Å²) in [5, 5.41) is 4.46. The first kappa shape index (κ1) is 17.0. The number of thioether (sulfide) groups is 1. The van der Waals surface area contributed by atoms with E-state index < -0.39 is 0 Å². The Kier molecular flexibility index (Phi) is 5.26. The minimum Gasteiger partial charge on any atom is -0.267 e. The lowest BCUT2D eigenvalue weighted by molar-refractivity contribution is 0.753. The predicted molar refractivity (Wildman–Crippen MR) is 98.0 cm³/mol. The molecule has 1 aromatic carbocycles. The van der Waals surface area contributed by atoms with Gasteiger partial charge in [-0.05, 0) is 37.5 Å². The molecule has 24 heavy (non-hydrogen) atoms. The van der Waals surface area contributed by atoms with E-state index >= 15 is 0 Å². The van der Waals surface area contributed by atoms with Crippen LogP contribution in [0.3, 0.4) is 0 Å². The van der Waals surface area contributed by atoms with Crippen molar-refractivity contribution in [2.24, 2.45) is 0 Å². The van der Waals surface area contributed by atoms with E-state index in [2.05, 4.69) is 22.0 Å². The lowest BCUT2D eigenvalue weighted by atomic mass is 10.1. The smallest absolute Gasteiger partial charge is 0.267 e. The molecule has 0 saturated heterocycles. The molecule has 0 aliphatic rings. The van der Waals surface area contributed by atoms with Gasteiger partial charge < -0.3 is 0 Å². The maximum Gasteiger partial charge on any atom is 0.277 e. The molecule has 2 aromatic heterocycles. The molecule has 0 saturated carbocycles. The van der Waals surface area contributed by atoms with Gasteiger partial charge >= 0.3 is 0 Å². The largest absolute Gasteiger partial charge is 0.277 e. The third kappa shape index (κ3) is 3.65. The number of aryl methyl sites for hydroxylation is 1. The Balaban J connectivity index is 1.84. The van der Waals surface area contributed by atoms with Crippen molar-refractivity contribution in [3.8, 4) is 0 Å². The van der Waals surface area contributed by atoms with Crippen molar-refractivity contribution in [1.29, 1.82) is 0 Å². The summed E-state index contributed by atoms with van der Waals surface area (Å²) in [4.78, 5) is 21.5. The summed E-state index contributed by atoms with van der Waals surface area (Å²) in [5.74, 6) is 1.17. The maximum atomic E-state index is 12.6. The highest BCUT2D eigenvalue weighted by Gasteiger charge is 2.13. The summed E-state index contributed by atoms with van der Waals surface area (Å²) in [5.41, 5.74) is 2.64. The van der Waals surface area contributed by atoms with Crippen molar-refractivity contribution in [1.82, 2.24) is 19.6 Å². The Morgan fingerprint density at radius 3 is 2.71 bits per heavy atom. The SMILES string of the molecule is CCCCc1c(C)nc2nc(SCc3ccc(Cl)cc3)[nH]n2c1=O. The van der Waals surface area contributed by atoms with Crippen molar-refractivity contribution in [3.05, 3.63) is 56.5 Å². The number of fused-ring (bicyclic) bond motifs is 1. The number of aromatic amines is 1. The average Bonchev–Trinajstić information content (AvgIpc) is 2.97. The second-order valence-electron chi connectivity index (χ2n) is 5.66. The zero-order valence-electron chi connectivity index (χ0n) is 13.7. The summed E-state index contributed by atoms with van der Waals surface area (Å²) < 4.78 is 1.45. The van der Waals surface area contributed by atoms with Gasteiger partial charge in [-0.25, -0.2) is 4.98 Å². The van der Waals surface area contributed by atoms with Gasteiger partial charge in [-0.2, -0.15) is 9.50 Å². The highest BCUT2D eigenvalue weighted by atomic mass is 35.5. The Hall–Kier alpha value is -1.79. The number of aromatic nitrogens is 4. The number of hydrogen-bond donors (Lipinski definition) is 1. The van der Waals surface area contributed by atoms with Crippen LogP contribution in [0.4, 0.5) is 0 Å². The van der Waals surface area contributed by atoms with E-state index in [9.17, 15) is 4.79 Å². The summed E-state index contributed by atoms with van der Waals surface area (Å²) in [6.07, 6.45) is 2.78. The number of unbranched alkanes of at least 4 members (excludes halogenated alkanes) is 1. The van der Waals surface area contributed by atoms with Gasteiger partial charge in [0.1, 0.15) is 0 Å². The van der Waals surface area contributed by atoms with Gasteiger partial charge in [-0.15, -0.1) is 0 Å². The minimum atomic E-state index is -0.0446. The second-order valence-corrected chi connectivity index (χ2v) is 7.06. The molecule has 7 heteroatoms. The molecule has 0 aliphatic carbocycles. The lowest BCUT2D eigenvalue weighted by Gasteiger charge is -2.03. The number of H-pyrrole nitrogens is 1. The number of halogens is 1. The fourth-order valence-electron chi connectivity index (χ4n) is 2.47. The molecule has 0 bridgehead atoms. The molecular formula is C17H19ClN4OS. The molecule has 3 rings (SSSR count). The molecule has 2 heterocycles. The zero-order chi connectivity index (χ0) is 17.1. The Morgan fingerprint density at radius 2 is 2.00 bits per heavy atom. The summed E-state index contributed by atoms with van der Waals surface area (Å²) in [6, 6.07) is 7.70. The van der Waals surface area contributed by atoms with Gasteiger partial charge in [0.05, 0.1) is 5.69 Å². The molecule has 5 nitrogen and oxygen atoms in total. The molecule has 0 fully saturated rings. The van der Waals surface area contributed by atoms with Crippen molar-refractivity contribution >= 4 is 29.1 Å². The standard InChI is InChI=1S/C17H19ClN4OS/c1-3-4-5-14-11(2)19-16-20-17(21-22(16)15(14)23)24-10-12-6-8-13(18)9-7-12/h6-9H,3-5,10H2,1-2H3,(H,19,20,21). The van der Waals surface area contributed by atoms with Gasteiger partial charge in [0.25, 0.3) is 11.3 Å². The van der Waals surface area contributed by atoms with Crippen LogP contribution >= 0.6 is 23.4 Å². The normalized spacial score (nSPS) is 11.3.